The third-order valence-corrected chi connectivity index (χ3v) is 6.83. The molecule has 4 rings (SSSR count). The monoisotopic (exact) mass is 496 g/mol. The van der Waals surface area contributed by atoms with Gasteiger partial charge in [-0.25, -0.2) is 14.2 Å². The summed E-state index contributed by atoms with van der Waals surface area (Å²) in [6, 6.07) is 7.48. The minimum Gasteiger partial charge on any atom is -0.496 e. The molecule has 9 heteroatoms. The van der Waals surface area contributed by atoms with E-state index in [0.29, 0.717) is 33.0 Å². The van der Waals surface area contributed by atoms with Crippen LogP contribution in [-0.4, -0.2) is 39.5 Å². The van der Waals surface area contributed by atoms with E-state index in [2.05, 4.69) is 4.98 Å². The van der Waals surface area contributed by atoms with Crippen LogP contribution in [0.4, 0.5) is 4.39 Å². The highest BCUT2D eigenvalue weighted by atomic mass is 32.1. The number of benzene rings is 2. The van der Waals surface area contributed by atoms with Crippen molar-refractivity contribution in [1.82, 2.24) is 9.55 Å². The number of thiazole rings is 1. The predicted molar refractivity (Wildman–Crippen MR) is 133 cm³/mol. The Bertz CT molecular complexity index is 1450. The minimum absolute atomic E-state index is 0.0328. The number of hydrogen-bond acceptors (Lipinski definition) is 6. The van der Waals surface area contributed by atoms with Gasteiger partial charge in [-0.1, -0.05) is 13.8 Å². The summed E-state index contributed by atoms with van der Waals surface area (Å²) in [6.07, 6.45) is 3.18. The van der Waals surface area contributed by atoms with Crippen LogP contribution in [0.15, 0.2) is 52.9 Å². The summed E-state index contributed by atoms with van der Waals surface area (Å²) in [5, 5.41) is 22.3. The molecule has 4 aromatic rings. The van der Waals surface area contributed by atoms with Gasteiger partial charge in [-0.05, 0) is 41.3 Å². The summed E-state index contributed by atoms with van der Waals surface area (Å²) >= 11 is 1.40. The Hall–Kier alpha value is -3.56. The van der Waals surface area contributed by atoms with Crippen LogP contribution in [0.25, 0.3) is 21.5 Å². The molecule has 2 heterocycles. The van der Waals surface area contributed by atoms with Crippen molar-refractivity contribution >= 4 is 28.2 Å². The maximum Gasteiger partial charge on any atom is 0.341 e. The zero-order chi connectivity index (χ0) is 25.3. The van der Waals surface area contributed by atoms with Gasteiger partial charge in [-0.3, -0.25) is 4.79 Å². The van der Waals surface area contributed by atoms with E-state index in [-0.39, 0.29) is 29.9 Å². The largest absolute Gasteiger partial charge is 0.496 e. The molecular formula is C26H25FN2O5S. The van der Waals surface area contributed by atoms with Crippen LogP contribution in [0.1, 0.15) is 41.4 Å². The average Bonchev–Trinajstić information content (AvgIpc) is 3.35. The number of carboxylic acids is 1. The SMILES string of the molecule is COc1cc2c(cc1Cc1cc(F)cc(-c3nccs3)c1)c(=O)c(C(=O)O)cn2C(CO)C(C)C. The molecule has 35 heavy (non-hydrogen) atoms. The van der Waals surface area contributed by atoms with E-state index in [0.717, 1.165) is 0 Å². The van der Waals surface area contributed by atoms with Crippen molar-refractivity contribution in [3.05, 3.63) is 80.8 Å². The number of carboxylic acid groups (broad SMARTS) is 1. The van der Waals surface area contributed by atoms with Crippen LogP contribution >= 0.6 is 11.3 Å². The summed E-state index contributed by atoms with van der Waals surface area (Å²) in [6.45, 7) is 3.57. The lowest BCUT2D eigenvalue weighted by atomic mass is 9.98. The molecule has 0 saturated heterocycles. The molecule has 1 unspecified atom stereocenters. The second-order valence-corrected chi connectivity index (χ2v) is 9.52. The topological polar surface area (TPSA) is 102 Å². The number of aliphatic hydroxyl groups excluding tert-OH is 1. The zero-order valence-corrected chi connectivity index (χ0v) is 20.3. The van der Waals surface area contributed by atoms with Crippen molar-refractivity contribution in [1.29, 1.82) is 0 Å². The molecule has 182 valence electrons. The Kier molecular flexibility index (Phi) is 7.00. The first-order valence-corrected chi connectivity index (χ1v) is 11.9. The number of rotatable bonds is 8. The predicted octanol–water partition coefficient (Wildman–Crippen LogP) is 4.75. The molecular weight excluding hydrogens is 471 g/mol. The van der Waals surface area contributed by atoms with Gasteiger partial charge in [-0.2, -0.15) is 0 Å². The van der Waals surface area contributed by atoms with Crippen molar-refractivity contribution in [2.75, 3.05) is 13.7 Å². The van der Waals surface area contributed by atoms with Gasteiger partial charge >= 0.3 is 5.97 Å². The molecule has 0 aliphatic carbocycles. The number of fused-ring (bicyclic) bond motifs is 1. The van der Waals surface area contributed by atoms with Crippen LogP contribution in [-0.2, 0) is 6.42 Å². The lowest BCUT2D eigenvalue weighted by molar-refractivity contribution is 0.0694. The summed E-state index contributed by atoms with van der Waals surface area (Å²) in [4.78, 5) is 29.2. The van der Waals surface area contributed by atoms with Gasteiger partial charge < -0.3 is 19.5 Å². The molecule has 0 radical (unpaired) electrons. The lowest BCUT2D eigenvalue weighted by Gasteiger charge is -2.25. The molecule has 2 aromatic carbocycles. The van der Waals surface area contributed by atoms with Crippen molar-refractivity contribution in [2.24, 2.45) is 5.92 Å². The molecule has 1 atom stereocenters. The quantitative estimate of drug-likeness (QED) is 0.365. The highest BCUT2D eigenvalue weighted by Crippen LogP contribution is 2.31. The van der Waals surface area contributed by atoms with Gasteiger partial charge in [0.15, 0.2) is 0 Å². The lowest BCUT2D eigenvalue weighted by Crippen LogP contribution is -2.25. The Labute approximate surface area is 205 Å². The smallest absolute Gasteiger partial charge is 0.341 e. The Balaban J connectivity index is 1.91. The number of halogens is 1. The number of hydrogen-bond donors (Lipinski definition) is 2. The summed E-state index contributed by atoms with van der Waals surface area (Å²) < 4.78 is 21.7. The molecule has 2 aromatic heterocycles. The van der Waals surface area contributed by atoms with Gasteiger partial charge in [-0.15, -0.1) is 11.3 Å². The molecule has 0 amide bonds. The van der Waals surface area contributed by atoms with Crippen molar-refractivity contribution in [2.45, 2.75) is 26.3 Å². The fraction of sp³-hybridized carbons (Fsp3) is 0.269. The summed E-state index contributed by atoms with van der Waals surface area (Å²) in [5.41, 5.74) is 1.34. The van der Waals surface area contributed by atoms with Gasteiger partial charge in [0, 0.05) is 41.2 Å². The van der Waals surface area contributed by atoms with Crippen LogP contribution in [0.5, 0.6) is 5.75 Å². The fourth-order valence-electron chi connectivity index (χ4n) is 4.26. The summed E-state index contributed by atoms with van der Waals surface area (Å²) in [5.74, 6) is -1.32. The van der Waals surface area contributed by atoms with Crippen LogP contribution in [0.3, 0.4) is 0 Å². The number of pyridine rings is 1. The molecule has 0 aliphatic rings. The van der Waals surface area contributed by atoms with E-state index in [9.17, 15) is 24.2 Å². The molecule has 0 saturated carbocycles. The van der Waals surface area contributed by atoms with Gasteiger partial charge in [0.25, 0.3) is 0 Å². The van der Waals surface area contributed by atoms with Crippen molar-refractivity contribution in [3.8, 4) is 16.3 Å². The minimum atomic E-state index is -1.35. The number of carbonyl (C=O) groups is 1. The molecule has 0 fully saturated rings. The maximum absolute atomic E-state index is 14.4. The van der Waals surface area contributed by atoms with E-state index in [1.807, 2.05) is 25.3 Å². The number of aromatic nitrogens is 2. The summed E-state index contributed by atoms with van der Waals surface area (Å²) in [7, 11) is 1.50. The first-order chi connectivity index (χ1) is 16.7. The van der Waals surface area contributed by atoms with Crippen LogP contribution in [0.2, 0.25) is 0 Å². The van der Waals surface area contributed by atoms with E-state index in [1.54, 1.807) is 22.9 Å². The van der Waals surface area contributed by atoms with E-state index >= 15 is 0 Å². The number of aromatic carboxylic acids is 1. The fourth-order valence-corrected chi connectivity index (χ4v) is 4.88. The Morgan fingerprint density at radius 3 is 2.60 bits per heavy atom. The molecule has 0 bridgehead atoms. The number of nitrogens with zero attached hydrogens (tertiary/aromatic N) is 2. The average molecular weight is 497 g/mol. The van der Waals surface area contributed by atoms with Crippen molar-refractivity contribution < 1.29 is 24.1 Å². The first kappa shape index (κ1) is 24.6. The van der Waals surface area contributed by atoms with E-state index in [1.165, 1.54) is 36.8 Å². The zero-order valence-electron chi connectivity index (χ0n) is 19.5. The van der Waals surface area contributed by atoms with E-state index in [4.69, 9.17) is 4.74 Å². The highest BCUT2D eigenvalue weighted by molar-refractivity contribution is 7.13. The van der Waals surface area contributed by atoms with Gasteiger partial charge in [0.1, 0.15) is 22.1 Å². The van der Waals surface area contributed by atoms with Crippen LogP contribution < -0.4 is 10.2 Å². The Morgan fingerprint density at radius 1 is 1.23 bits per heavy atom. The van der Waals surface area contributed by atoms with Gasteiger partial charge in [0.2, 0.25) is 5.43 Å². The normalized spacial score (nSPS) is 12.3. The molecule has 0 aliphatic heterocycles. The van der Waals surface area contributed by atoms with E-state index < -0.39 is 23.3 Å². The van der Waals surface area contributed by atoms with Crippen LogP contribution in [0, 0.1) is 11.7 Å². The first-order valence-electron chi connectivity index (χ1n) is 11.0. The highest BCUT2D eigenvalue weighted by Gasteiger charge is 2.23. The Morgan fingerprint density at radius 2 is 2.00 bits per heavy atom. The third-order valence-electron chi connectivity index (χ3n) is 6.01. The van der Waals surface area contributed by atoms with Crippen molar-refractivity contribution in [3.63, 3.8) is 0 Å². The molecule has 2 N–H and O–H groups in total. The molecule has 7 nitrogen and oxygen atoms in total. The number of methoxy groups -OCH3 is 1. The molecule has 0 spiro atoms. The number of ether oxygens (including phenoxy) is 1. The standard InChI is InChI=1S/C26H25FN2O5S/c1-14(2)22(13-30)29-12-20(26(32)33)24(31)19-10-16(23(34-3)11-21(19)29)6-15-7-17(9-18(27)8-15)25-28-4-5-35-25/h4-5,7-12,14,22,30H,6,13H2,1-3H3,(H,32,33). The second-order valence-electron chi connectivity index (χ2n) is 8.62. The number of aliphatic hydroxyl groups is 1. The maximum atomic E-state index is 14.4. The second kappa shape index (κ2) is 9.97. The van der Waals surface area contributed by atoms with Gasteiger partial charge in [0.05, 0.1) is 25.3 Å². The third kappa shape index (κ3) is 4.82.